The first kappa shape index (κ1) is 12.0. The average Bonchev–Trinajstić information content (AvgIpc) is 2.28. The largest absolute Gasteiger partial charge is 0.294 e. The Morgan fingerprint density at radius 1 is 1.59 bits per heavy atom. The lowest BCUT2D eigenvalue weighted by Gasteiger charge is -2.31. The van der Waals surface area contributed by atoms with Crippen molar-refractivity contribution >= 4 is 23.4 Å². The number of nitrogens with zero attached hydrogens (tertiary/aromatic N) is 2. The van der Waals surface area contributed by atoms with Gasteiger partial charge in [0.1, 0.15) is 5.15 Å². The highest BCUT2D eigenvalue weighted by molar-refractivity contribution is 6.30. The van der Waals surface area contributed by atoms with Gasteiger partial charge in [0, 0.05) is 18.3 Å². The van der Waals surface area contributed by atoms with E-state index in [2.05, 4.69) is 10.3 Å². The van der Waals surface area contributed by atoms with Gasteiger partial charge in [-0.05, 0) is 13.0 Å². The number of hydrogen-bond acceptors (Lipinski definition) is 4. The van der Waals surface area contributed by atoms with Crippen molar-refractivity contribution < 1.29 is 9.59 Å². The quantitative estimate of drug-likeness (QED) is 0.619. The molecular formula is C11H12ClN3O2. The zero-order chi connectivity index (χ0) is 12.4. The number of amides is 2. The van der Waals surface area contributed by atoms with Crippen molar-refractivity contribution in [2.45, 2.75) is 19.5 Å². The van der Waals surface area contributed by atoms with Crippen molar-refractivity contribution in [2.75, 3.05) is 6.54 Å². The van der Waals surface area contributed by atoms with Crippen molar-refractivity contribution in [3.05, 3.63) is 29.0 Å². The van der Waals surface area contributed by atoms with Gasteiger partial charge in [0.05, 0.1) is 12.6 Å². The molecule has 1 aliphatic heterocycles. The van der Waals surface area contributed by atoms with E-state index in [1.54, 1.807) is 24.1 Å². The number of piperazine rings is 1. The van der Waals surface area contributed by atoms with Crippen molar-refractivity contribution in [3.63, 3.8) is 0 Å². The second kappa shape index (κ2) is 4.81. The van der Waals surface area contributed by atoms with Crippen molar-refractivity contribution in [1.29, 1.82) is 0 Å². The zero-order valence-electron chi connectivity index (χ0n) is 9.31. The summed E-state index contributed by atoms with van der Waals surface area (Å²) in [5.74, 6) is -0.561. The molecule has 2 amide bonds. The summed E-state index contributed by atoms with van der Waals surface area (Å²) in [4.78, 5) is 28.5. The van der Waals surface area contributed by atoms with E-state index in [-0.39, 0.29) is 24.4 Å². The fraction of sp³-hybridized carbons (Fsp3) is 0.364. The van der Waals surface area contributed by atoms with Crippen LogP contribution in [0.25, 0.3) is 0 Å². The number of hydrogen-bond donors (Lipinski definition) is 1. The van der Waals surface area contributed by atoms with E-state index in [0.29, 0.717) is 11.7 Å². The Labute approximate surface area is 104 Å². The SMILES string of the molecule is CC1C(=O)NC(=O)CN1Cc1cccnc1Cl. The smallest absolute Gasteiger partial charge is 0.243 e. The topological polar surface area (TPSA) is 62.3 Å². The molecule has 5 nitrogen and oxygen atoms in total. The molecule has 0 bridgehead atoms. The van der Waals surface area contributed by atoms with Crippen LogP contribution in [-0.4, -0.2) is 34.3 Å². The van der Waals surface area contributed by atoms with Crippen LogP contribution in [-0.2, 0) is 16.1 Å². The molecule has 6 heteroatoms. The molecule has 1 atom stereocenters. The Morgan fingerprint density at radius 3 is 3.06 bits per heavy atom. The fourth-order valence-electron chi connectivity index (χ4n) is 1.72. The number of nitrogens with one attached hydrogen (secondary N) is 1. The third-order valence-electron chi connectivity index (χ3n) is 2.75. The zero-order valence-corrected chi connectivity index (χ0v) is 10.1. The van der Waals surface area contributed by atoms with Crippen LogP contribution in [0, 0.1) is 0 Å². The van der Waals surface area contributed by atoms with Crippen LogP contribution in [0.5, 0.6) is 0 Å². The molecule has 0 radical (unpaired) electrons. The lowest BCUT2D eigenvalue weighted by atomic mass is 10.1. The minimum absolute atomic E-state index is 0.193. The highest BCUT2D eigenvalue weighted by Gasteiger charge is 2.30. The van der Waals surface area contributed by atoms with Gasteiger partial charge < -0.3 is 0 Å². The first-order valence-corrected chi connectivity index (χ1v) is 5.63. The average molecular weight is 254 g/mol. The van der Waals surface area contributed by atoms with E-state index in [1.165, 1.54) is 0 Å². The van der Waals surface area contributed by atoms with Gasteiger partial charge in [0.2, 0.25) is 11.8 Å². The molecular weight excluding hydrogens is 242 g/mol. The molecule has 1 aromatic rings. The normalized spacial score (nSPS) is 21.4. The number of rotatable bonds is 2. The van der Waals surface area contributed by atoms with E-state index in [9.17, 15) is 9.59 Å². The van der Waals surface area contributed by atoms with Crippen molar-refractivity contribution in [2.24, 2.45) is 0 Å². The first-order valence-electron chi connectivity index (χ1n) is 5.25. The maximum Gasteiger partial charge on any atom is 0.243 e. The lowest BCUT2D eigenvalue weighted by Crippen LogP contribution is -2.56. The third-order valence-corrected chi connectivity index (χ3v) is 3.09. The molecule has 0 saturated carbocycles. The standard InChI is InChI=1S/C11H12ClN3O2/c1-7-11(17)14-9(16)6-15(7)5-8-3-2-4-13-10(8)12/h2-4,7H,5-6H2,1H3,(H,14,16,17). The van der Waals surface area contributed by atoms with Gasteiger partial charge >= 0.3 is 0 Å². The Kier molecular flexibility index (Phi) is 3.40. The maximum atomic E-state index is 11.5. The predicted octanol–water partition coefficient (Wildman–Crippen LogP) is 0.582. The molecule has 90 valence electrons. The summed E-state index contributed by atoms with van der Waals surface area (Å²) in [5, 5.41) is 2.69. The number of carbonyl (C=O) groups excluding carboxylic acids is 2. The Bertz CT molecular complexity index is 464. The molecule has 1 unspecified atom stereocenters. The molecule has 0 aromatic carbocycles. The summed E-state index contributed by atoms with van der Waals surface area (Å²) < 4.78 is 0. The Balaban J connectivity index is 2.15. The molecule has 2 heterocycles. The van der Waals surface area contributed by atoms with Gasteiger partial charge in [0.25, 0.3) is 0 Å². The molecule has 0 aliphatic carbocycles. The molecule has 1 saturated heterocycles. The van der Waals surface area contributed by atoms with Crippen LogP contribution in [0.1, 0.15) is 12.5 Å². The minimum Gasteiger partial charge on any atom is -0.294 e. The van der Waals surface area contributed by atoms with Crippen LogP contribution in [0.4, 0.5) is 0 Å². The number of imide groups is 1. The summed E-state index contributed by atoms with van der Waals surface area (Å²) in [6, 6.07) is 3.26. The number of halogens is 1. The van der Waals surface area contributed by atoms with Gasteiger partial charge in [-0.3, -0.25) is 19.8 Å². The van der Waals surface area contributed by atoms with E-state index < -0.39 is 0 Å². The molecule has 1 aromatic heterocycles. The summed E-state index contributed by atoms with van der Waals surface area (Å²) >= 11 is 5.94. The fourth-order valence-corrected chi connectivity index (χ4v) is 1.90. The monoisotopic (exact) mass is 253 g/mol. The molecule has 1 N–H and O–H groups in total. The van der Waals surface area contributed by atoms with Crippen LogP contribution in [0.3, 0.4) is 0 Å². The van der Waals surface area contributed by atoms with Gasteiger partial charge in [-0.15, -0.1) is 0 Å². The van der Waals surface area contributed by atoms with Gasteiger partial charge in [-0.25, -0.2) is 4.98 Å². The van der Waals surface area contributed by atoms with Crippen molar-refractivity contribution in [3.8, 4) is 0 Å². The van der Waals surface area contributed by atoms with Crippen LogP contribution in [0.15, 0.2) is 18.3 Å². The third kappa shape index (κ3) is 2.62. The van der Waals surface area contributed by atoms with Gasteiger partial charge in [-0.1, -0.05) is 17.7 Å². The maximum absolute atomic E-state index is 11.5. The summed E-state index contributed by atoms with van der Waals surface area (Å²) in [7, 11) is 0. The summed E-state index contributed by atoms with van der Waals surface area (Å²) in [6.07, 6.45) is 1.60. The number of aromatic nitrogens is 1. The summed E-state index contributed by atoms with van der Waals surface area (Å²) in [5.41, 5.74) is 0.809. The van der Waals surface area contributed by atoms with Gasteiger partial charge in [-0.2, -0.15) is 0 Å². The number of pyridine rings is 1. The Morgan fingerprint density at radius 2 is 2.35 bits per heavy atom. The molecule has 17 heavy (non-hydrogen) atoms. The van der Waals surface area contributed by atoms with E-state index in [0.717, 1.165) is 5.56 Å². The van der Waals surface area contributed by atoms with Crippen molar-refractivity contribution in [1.82, 2.24) is 15.2 Å². The second-order valence-corrected chi connectivity index (χ2v) is 4.30. The van der Waals surface area contributed by atoms with E-state index in [4.69, 9.17) is 11.6 Å². The highest BCUT2D eigenvalue weighted by atomic mass is 35.5. The van der Waals surface area contributed by atoms with Crippen LogP contribution >= 0.6 is 11.6 Å². The predicted molar refractivity (Wildman–Crippen MR) is 62.3 cm³/mol. The highest BCUT2D eigenvalue weighted by Crippen LogP contribution is 2.16. The first-order chi connectivity index (χ1) is 8.08. The molecule has 1 aliphatic rings. The molecule has 0 spiro atoms. The minimum atomic E-state index is -0.344. The van der Waals surface area contributed by atoms with Crippen LogP contribution in [0.2, 0.25) is 5.15 Å². The Hall–Kier alpha value is -1.46. The lowest BCUT2D eigenvalue weighted by molar-refractivity contribution is -0.139. The number of carbonyl (C=O) groups is 2. The van der Waals surface area contributed by atoms with Gasteiger partial charge in [0.15, 0.2) is 0 Å². The van der Waals surface area contributed by atoms with E-state index >= 15 is 0 Å². The molecule has 1 fully saturated rings. The molecule has 2 rings (SSSR count). The second-order valence-electron chi connectivity index (χ2n) is 3.95. The van der Waals surface area contributed by atoms with Crippen LogP contribution < -0.4 is 5.32 Å². The summed E-state index contributed by atoms with van der Waals surface area (Å²) in [6.45, 7) is 2.39. The van der Waals surface area contributed by atoms with E-state index in [1.807, 2.05) is 6.07 Å².